The summed E-state index contributed by atoms with van der Waals surface area (Å²) in [5, 5.41) is 9.86. The summed E-state index contributed by atoms with van der Waals surface area (Å²) >= 11 is 7.53. The van der Waals surface area contributed by atoms with Crippen LogP contribution in [0.2, 0.25) is 5.02 Å². The third-order valence-electron chi connectivity index (χ3n) is 4.98. The van der Waals surface area contributed by atoms with Gasteiger partial charge in [-0.1, -0.05) is 84.0 Å². The van der Waals surface area contributed by atoms with Crippen LogP contribution < -0.4 is 0 Å². The summed E-state index contributed by atoms with van der Waals surface area (Å²) < 4.78 is 2.01. The van der Waals surface area contributed by atoms with Crippen LogP contribution in [-0.2, 0) is 11.2 Å². The zero-order valence-electron chi connectivity index (χ0n) is 17.9. The number of likely N-dealkylation sites (N-methyl/N-ethyl adjacent to an activating group) is 1. The van der Waals surface area contributed by atoms with Crippen molar-refractivity contribution in [1.29, 1.82) is 0 Å². The predicted molar refractivity (Wildman–Crippen MR) is 129 cm³/mol. The number of halogens is 1. The molecule has 4 aromatic rings. The van der Waals surface area contributed by atoms with Gasteiger partial charge < -0.3 is 4.90 Å². The molecule has 0 N–H and O–H groups in total. The average Bonchev–Trinajstić information content (AvgIpc) is 3.20. The molecule has 0 aliphatic rings. The minimum atomic E-state index is -0.439. The summed E-state index contributed by atoms with van der Waals surface area (Å²) in [7, 11) is 3.53. The zero-order chi connectivity index (χ0) is 22.5. The Labute approximate surface area is 197 Å². The summed E-state index contributed by atoms with van der Waals surface area (Å²) in [5.41, 5.74) is 2.96. The molecule has 1 atom stereocenters. The van der Waals surface area contributed by atoms with Crippen LogP contribution in [0.3, 0.4) is 0 Å². The molecule has 1 amide bonds. The largest absolute Gasteiger partial charge is 0.348 e. The highest BCUT2D eigenvalue weighted by molar-refractivity contribution is 8.00. The first kappa shape index (κ1) is 22.1. The van der Waals surface area contributed by atoms with E-state index in [1.807, 2.05) is 77.4 Å². The smallest absolute Gasteiger partial charge is 0.240 e. The number of amides is 1. The lowest BCUT2D eigenvalue weighted by atomic mass is 10.1. The van der Waals surface area contributed by atoms with Crippen LogP contribution in [0.4, 0.5) is 0 Å². The Balaban J connectivity index is 1.77. The number of aromatic nitrogens is 3. The van der Waals surface area contributed by atoms with Crippen molar-refractivity contribution in [3.05, 3.63) is 107 Å². The molecule has 5 nitrogen and oxygen atoms in total. The zero-order valence-corrected chi connectivity index (χ0v) is 19.4. The maximum atomic E-state index is 13.1. The fraction of sp³-hybridized carbons (Fsp3) is 0.160. The fourth-order valence-corrected chi connectivity index (χ4v) is 4.69. The number of hydrogen-bond donors (Lipinski definition) is 0. The number of nitrogens with zero attached hydrogens (tertiary/aromatic N) is 4. The molecule has 0 aliphatic heterocycles. The lowest BCUT2D eigenvalue weighted by molar-refractivity contribution is -0.128. The summed E-state index contributed by atoms with van der Waals surface area (Å²) in [6.45, 7) is 0. The molecule has 0 fully saturated rings. The van der Waals surface area contributed by atoms with E-state index in [4.69, 9.17) is 11.6 Å². The fourth-order valence-electron chi connectivity index (χ4n) is 3.35. The Morgan fingerprint density at radius 1 is 0.938 bits per heavy atom. The van der Waals surface area contributed by atoms with E-state index in [0.29, 0.717) is 16.6 Å². The van der Waals surface area contributed by atoms with E-state index in [1.54, 1.807) is 19.0 Å². The van der Waals surface area contributed by atoms with Gasteiger partial charge in [-0.3, -0.25) is 9.36 Å². The second-order valence-corrected chi connectivity index (χ2v) is 9.02. The highest BCUT2D eigenvalue weighted by Gasteiger charge is 2.27. The Bertz CT molecular complexity index is 1180. The Morgan fingerprint density at radius 2 is 1.56 bits per heavy atom. The van der Waals surface area contributed by atoms with E-state index in [2.05, 4.69) is 22.3 Å². The molecule has 7 heteroatoms. The molecule has 0 bridgehead atoms. The number of carbonyl (C=O) groups is 1. The molecule has 3 aromatic carbocycles. The van der Waals surface area contributed by atoms with Crippen LogP contribution in [0, 0.1) is 0 Å². The monoisotopic (exact) mass is 462 g/mol. The predicted octanol–water partition coefficient (Wildman–Crippen LogP) is 5.43. The number of thioether (sulfide) groups is 1. The molecule has 0 radical (unpaired) electrons. The topological polar surface area (TPSA) is 51.0 Å². The van der Waals surface area contributed by atoms with Gasteiger partial charge in [0.15, 0.2) is 5.16 Å². The van der Waals surface area contributed by atoms with Crippen molar-refractivity contribution in [1.82, 2.24) is 19.7 Å². The maximum Gasteiger partial charge on any atom is 0.240 e. The molecule has 0 saturated heterocycles. The van der Waals surface area contributed by atoms with Gasteiger partial charge in [0.25, 0.3) is 0 Å². The Kier molecular flexibility index (Phi) is 6.93. The lowest BCUT2D eigenvalue weighted by Gasteiger charge is -2.20. The first-order chi connectivity index (χ1) is 15.5. The van der Waals surface area contributed by atoms with Crippen molar-refractivity contribution >= 4 is 29.3 Å². The highest BCUT2D eigenvalue weighted by atomic mass is 35.5. The van der Waals surface area contributed by atoms with Gasteiger partial charge in [0.05, 0.1) is 0 Å². The van der Waals surface area contributed by atoms with E-state index in [0.717, 1.165) is 22.6 Å². The van der Waals surface area contributed by atoms with Gasteiger partial charge in [-0.05, 0) is 35.4 Å². The lowest BCUT2D eigenvalue weighted by Crippen LogP contribution is -2.27. The van der Waals surface area contributed by atoms with Gasteiger partial charge in [-0.15, -0.1) is 10.2 Å². The van der Waals surface area contributed by atoms with Gasteiger partial charge >= 0.3 is 0 Å². The first-order valence-corrected chi connectivity index (χ1v) is 11.5. The molecular weight excluding hydrogens is 440 g/mol. The molecule has 4 rings (SSSR count). The van der Waals surface area contributed by atoms with Crippen LogP contribution in [0.1, 0.15) is 22.2 Å². The van der Waals surface area contributed by atoms with E-state index < -0.39 is 5.25 Å². The summed E-state index contributed by atoms with van der Waals surface area (Å²) in [5.74, 6) is 0.793. The summed E-state index contributed by atoms with van der Waals surface area (Å²) in [6, 6.07) is 27.5. The third kappa shape index (κ3) is 5.03. The second kappa shape index (κ2) is 10.0. The van der Waals surface area contributed by atoms with Crippen LogP contribution >= 0.6 is 23.4 Å². The summed E-state index contributed by atoms with van der Waals surface area (Å²) in [6.07, 6.45) is 0.620. The number of rotatable bonds is 7. The van der Waals surface area contributed by atoms with Crippen molar-refractivity contribution < 1.29 is 4.79 Å². The summed E-state index contributed by atoms with van der Waals surface area (Å²) in [4.78, 5) is 14.7. The molecule has 32 heavy (non-hydrogen) atoms. The van der Waals surface area contributed by atoms with E-state index in [1.165, 1.54) is 11.8 Å². The Hall–Kier alpha value is -3.09. The van der Waals surface area contributed by atoms with Crippen LogP contribution in [0.5, 0.6) is 0 Å². The molecular formula is C25H23ClN4OS. The quantitative estimate of drug-likeness (QED) is 0.343. The molecule has 0 spiro atoms. The van der Waals surface area contributed by atoms with Gasteiger partial charge in [0, 0.05) is 31.2 Å². The normalized spacial score (nSPS) is 11.8. The third-order valence-corrected chi connectivity index (χ3v) is 6.42. The van der Waals surface area contributed by atoms with E-state index in [9.17, 15) is 4.79 Å². The standard InChI is InChI=1S/C25H23ClN4OS/c1-29(2)24(31)23(19-11-7-4-8-12-19)32-25-28-27-22(17-18-9-5-3-6-10-18)30(25)21-15-13-20(26)14-16-21/h3-16,23H,17H2,1-2H3/t23-/m0/s1. The molecule has 1 heterocycles. The Morgan fingerprint density at radius 3 is 2.19 bits per heavy atom. The first-order valence-electron chi connectivity index (χ1n) is 10.2. The van der Waals surface area contributed by atoms with Crippen molar-refractivity contribution in [2.75, 3.05) is 14.1 Å². The minimum absolute atomic E-state index is 0.00327. The molecule has 1 aromatic heterocycles. The van der Waals surface area contributed by atoms with E-state index >= 15 is 0 Å². The number of carbonyl (C=O) groups excluding carboxylic acids is 1. The SMILES string of the molecule is CN(C)C(=O)[C@@H](Sc1nnc(Cc2ccccc2)n1-c1ccc(Cl)cc1)c1ccccc1. The van der Waals surface area contributed by atoms with Gasteiger partial charge in [0.2, 0.25) is 5.91 Å². The highest BCUT2D eigenvalue weighted by Crippen LogP contribution is 2.37. The van der Waals surface area contributed by atoms with Crippen molar-refractivity contribution in [2.24, 2.45) is 0 Å². The number of benzene rings is 3. The maximum absolute atomic E-state index is 13.1. The molecule has 162 valence electrons. The van der Waals surface area contributed by atoms with Crippen LogP contribution in [0.25, 0.3) is 5.69 Å². The molecule has 0 unspecified atom stereocenters. The van der Waals surface area contributed by atoms with E-state index in [-0.39, 0.29) is 5.91 Å². The van der Waals surface area contributed by atoms with Crippen molar-refractivity contribution in [2.45, 2.75) is 16.8 Å². The van der Waals surface area contributed by atoms with Gasteiger partial charge in [0.1, 0.15) is 11.1 Å². The average molecular weight is 463 g/mol. The van der Waals surface area contributed by atoms with Crippen LogP contribution in [0.15, 0.2) is 90.1 Å². The van der Waals surface area contributed by atoms with Gasteiger partial charge in [-0.2, -0.15) is 0 Å². The van der Waals surface area contributed by atoms with Crippen molar-refractivity contribution in [3.63, 3.8) is 0 Å². The van der Waals surface area contributed by atoms with Gasteiger partial charge in [-0.25, -0.2) is 0 Å². The number of hydrogen-bond acceptors (Lipinski definition) is 4. The van der Waals surface area contributed by atoms with Crippen molar-refractivity contribution in [3.8, 4) is 5.69 Å². The molecule has 0 aliphatic carbocycles. The minimum Gasteiger partial charge on any atom is -0.348 e. The van der Waals surface area contributed by atoms with Crippen LogP contribution in [-0.4, -0.2) is 39.7 Å². The second-order valence-electron chi connectivity index (χ2n) is 7.51. The molecule has 0 saturated carbocycles.